The van der Waals surface area contributed by atoms with Gasteiger partial charge < -0.3 is 5.11 Å². The van der Waals surface area contributed by atoms with Crippen LogP contribution >= 0.6 is 11.6 Å². The molecule has 0 aliphatic carbocycles. The number of phenols is 1. The Morgan fingerprint density at radius 2 is 1.96 bits per heavy atom. The second-order valence-electron chi connectivity index (χ2n) is 5.38. The molecule has 120 valence electrons. The third kappa shape index (κ3) is 3.24. The predicted molar refractivity (Wildman–Crippen MR) is 96.9 cm³/mol. The molecule has 3 aromatic rings. The van der Waals surface area contributed by atoms with Crippen molar-refractivity contribution in [2.75, 3.05) is 0 Å². The minimum absolute atomic E-state index is 0.106. The smallest absolute Gasteiger partial charge is 0.271 e. The molecule has 0 aliphatic heterocycles. The molecule has 0 aromatic heterocycles. The number of nitrogens with zero attached hydrogens (tertiary/aromatic N) is 1. The molecule has 0 fully saturated rings. The number of carbonyl (C=O) groups is 1. The van der Waals surface area contributed by atoms with Crippen LogP contribution < -0.4 is 5.43 Å². The lowest BCUT2D eigenvalue weighted by molar-refractivity contribution is 0.0955. The number of hydrazone groups is 1. The van der Waals surface area contributed by atoms with Gasteiger partial charge in [-0.05, 0) is 47.5 Å². The molecule has 0 saturated heterocycles. The van der Waals surface area contributed by atoms with Crippen LogP contribution in [0.2, 0.25) is 5.02 Å². The number of aryl methyl sites for hydroxylation is 1. The second kappa shape index (κ2) is 6.72. The van der Waals surface area contributed by atoms with Crippen LogP contribution in [0, 0.1) is 6.92 Å². The van der Waals surface area contributed by atoms with E-state index in [0.29, 0.717) is 16.1 Å². The first-order valence-electron chi connectivity index (χ1n) is 7.36. The van der Waals surface area contributed by atoms with Gasteiger partial charge in [-0.2, -0.15) is 5.10 Å². The van der Waals surface area contributed by atoms with Gasteiger partial charge in [-0.1, -0.05) is 41.9 Å². The van der Waals surface area contributed by atoms with E-state index in [-0.39, 0.29) is 11.7 Å². The number of hydrogen-bond donors (Lipinski definition) is 2. The molecule has 0 radical (unpaired) electrons. The number of rotatable bonds is 3. The molecule has 24 heavy (non-hydrogen) atoms. The highest BCUT2D eigenvalue weighted by Gasteiger charge is 2.07. The van der Waals surface area contributed by atoms with Crippen molar-refractivity contribution in [3.05, 3.63) is 76.3 Å². The van der Waals surface area contributed by atoms with Crippen molar-refractivity contribution in [3.8, 4) is 5.75 Å². The molecule has 0 saturated carbocycles. The molecule has 0 atom stereocenters. The summed E-state index contributed by atoms with van der Waals surface area (Å²) in [6.45, 7) is 1.83. The maximum absolute atomic E-state index is 12.1. The molecule has 0 heterocycles. The van der Waals surface area contributed by atoms with Gasteiger partial charge in [0, 0.05) is 16.1 Å². The summed E-state index contributed by atoms with van der Waals surface area (Å²) in [6, 6.07) is 16.1. The van der Waals surface area contributed by atoms with Crippen LogP contribution in [0.5, 0.6) is 5.75 Å². The Morgan fingerprint density at radius 1 is 1.17 bits per heavy atom. The lowest BCUT2D eigenvalue weighted by Gasteiger charge is -2.05. The number of carbonyl (C=O) groups excluding carboxylic acids is 1. The summed E-state index contributed by atoms with van der Waals surface area (Å²) in [5, 5.41) is 16.5. The van der Waals surface area contributed by atoms with E-state index in [0.717, 1.165) is 16.3 Å². The zero-order chi connectivity index (χ0) is 17.1. The average Bonchev–Trinajstić information content (AvgIpc) is 2.59. The Labute approximate surface area is 144 Å². The normalized spacial score (nSPS) is 11.1. The quantitative estimate of drug-likeness (QED) is 0.553. The molecular weight excluding hydrogens is 324 g/mol. The molecule has 5 heteroatoms. The van der Waals surface area contributed by atoms with Gasteiger partial charge in [0.15, 0.2) is 0 Å². The van der Waals surface area contributed by atoms with Crippen molar-refractivity contribution in [1.29, 1.82) is 0 Å². The first-order valence-corrected chi connectivity index (χ1v) is 7.74. The lowest BCUT2D eigenvalue weighted by Crippen LogP contribution is -2.17. The van der Waals surface area contributed by atoms with Gasteiger partial charge >= 0.3 is 0 Å². The van der Waals surface area contributed by atoms with E-state index in [1.807, 2.05) is 37.3 Å². The Bertz CT molecular complexity index is 951. The summed E-state index contributed by atoms with van der Waals surface area (Å²) in [6.07, 6.45) is 1.44. The molecule has 1 amide bonds. The Morgan fingerprint density at radius 3 is 2.75 bits per heavy atom. The number of hydrogen-bond acceptors (Lipinski definition) is 3. The van der Waals surface area contributed by atoms with Crippen molar-refractivity contribution in [1.82, 2.24) is 5.43 Å². The molecule has 0 aliphatic rings. The highest BCUT2D eigenvalue weighted by Crippen LogP contribution is 2.25. The molecule has 3 aromatic carbocycles. The summed E-state index contributed by atoms with van der Waals surface area (Å²) in [7, 11) is 0. The van der Waals surface area contributed by atoms with Crippen LogP contribution in [0.15, 0.2) is 59.7 Å². The van der Waals surface area contributed by atoms with Crippen molar-refractivity contribution in [2.45, 2.75) is 6.92 Å². The summed E-state index contributed by atoms with van der Waals surface area (Å²) in [5.41, 5.74) is 4.31. The topological polar surface area (TPSA) is 61.7 Å². The number of fused-ring (bicyclic) bond motifs is 1. The van der Waals surface area contributed by atoms with Crippen LogP contribution in [0.25, 0.3) is 10.8 Å². The predicted octanol–water partition coefficient (Wildman–Crippen LogP) is 4.27. The van der Waals surface area contributed by atoms with Crippen LogP contribution in [-0.4, -0.2) is 17.2 Å². The van der Waals surface area contributed by atoms with Crippen molar-refractivity contribution in [2.24, 2.45) is 5.10 Å². The highest BCUT2D eigenvalue weighted by molar-refractivity contribution is 6.31. The highest BCUT2D eigenvalue weighted by atomic mass is 35.5. The number of phenolic OH excluding ortho intramolecular Hbond substituents is 1. The SMILES string of the molecule is Cc1cc(C(=O)N/N=C/c2c(O)ccc3ccccc23)ccc1Cl. The largest absolute Gasteiger partial charge is 0.507 e. The molecule has 3 rings (SSSR count). The van der Waals surface area contributed by atoms with Gasteiger partial charge in [-0.25, -0.2) is 5.43 Å². The number of amides is 1. The third-order valence-electron chi connectivity index (χ3n) is 3.73. The molecule has 0 spiro atoms. The van der Waals surface area contributed by atoms with E-state index in [9.17, 15) is 9.90 Å². The summed E-state index contributed by atoms with van der Waals surface area (Å²) < 4.78 is 0. The van der Waals surface area contributed by atoms with Gasteiger partial charge in [-0.15, -0.1) is 0 Å². The van der Waals surface area contributed by atoms with E-state index < -0.39 is 0 Å². The van der Waals surface area contributed by atoms with Crippen LogP contribution in [0.4, 0.5) is 0 Å². The average molecular weight is 339 g/mol. The number of nitrogens with one attached hydrogen (secondary N) is 1. The molecule has 2 N–H and O–H groups in total. The Kier molecular flexibility index (Phi) is 4.49. The first kappa shape index (κ1) is 16.0. The molecule has 4 nitrogen and oxygen atoms in total. The maximum atomic E-state index is 12.1. The minimum atomic E-state index is -0.342. The van der Waals surface area contributed by atoms with Gasteiger partial charge in [0.05, 0.1) is 6.21 Å². The van der Waals surface area contributed by atoms with Crippen molar-refractivity contribution < 1.29 is 9.90 Å². The van der Waals surface area contributed by atoms with E-state index >= 15 is 0 Å². The van der Waals surface area contributed by atoms with E-state index in [1.54, 1.807) is 24.3 Å². The first-order chi connectivity index (χ1) is 11.6. The van der Waals surface area contributed by atoms with Gasteiger partial charge in [0.2, 0.25) is 0 Å². The van der Waals surface area contributed by atoms with Gasteiger partial charge in [0.1, 0.15) is 5.75 Å². The number of benzene rings is 3. The van der Waals surface area contributed by atoms with Crippen LogP contribution in [-0.2, 0) is 0 Å². The number of aromatic hydroxyl groups is 1. The fourth-order valence-electron chi connectivity index (χ4n) is 2.43. The fourth-order valence-corrected chi connectivity index (χ4v) is 2.54. The van der Waals surface area contributed by atoms with Gasteiger partial charge in [-0.3, -0.25) is 4.79 Å². The summed E-state index contributed by atoms with van der Waals surface area (Å²) >= 11 is 5.95. The van der Waals surface area contributed by atoms with E-state index in [2.05, 4.69) is 10.5 Å². The molecule has 0 bridgehead atoms. The minimum Gasteiger partial charge on any atom is -0.507 e. The van der Waals surface area contributed by atoms with Gasteiger partial charge in [0.25, 0.3) is 5.91 Å². The lowest BCUT2D eigenvalue weighted by atomic mass is 10.0. The maximum Gasteiger partial charge on any atom is 0.271 e. The van der Waals surface area contributed by atoms with E-state index in [4.69, 9.17) is 11.6 Å². The van der Waals surface area contributed by atoms with Crippen LogP contribution in [0.3, 0.4) is 0 Å². The second-order valence-corrected chi connectivity index (χ2v) is 5.79. The van der Waals surface area contributed by atoms with E-state index in [1.165, 1.54) is 6.21 Å². The van der Waals surface area contributed by atoms with Crippen molar-refractivity contribution in [3.63, 3.8) is 0 Å². The fraction of sp³-hybridized carbons (Fsp3) is 0.0526. The zero-order valence-corrected chi connectivity index (χ0v) is 13.7. The number of halogens is 1. The molecule has 0 unspecified atom stereocenters. The summed E-state index contributed by atoms with van der Waals surface area (Å²) in [4.78, 5) is 12.1. The van der Waals surface area contributed by atoms with Crippen LogP contribution in [0.1, 0.15) is 21.5 Å². The Hall–Kier alpha value is -2.85. The zero-order valence-electron chi connectivity index (χ0n) is 13.0. The Balaban J connectivity index is 1.83. The molecular formula is C19H15ClN2O2. The third-order valence-corrected chi connectivity index (χ3v) is 4.15. The van der Waals surface area contributed by atoms with Crippen molar-refractivity contribution >= 4 is 34.5 Å². The standard InChI is InChI=1S/C19H15ClN2O2/c1-12-10-14(6-8-17(12)20)19(24)22-21-11-16-15-5-3-2-4-13(15)7-9-18(16)23/h2-11,23H,1H3,(H,22,24)/b21-11+. The summed E-state index contributed by atoms with van der Waals surface area (Å²) in [5.74, 6) is -0.236. The monoisotopic (exact) mass is 338 g/mol.